The molecule has 132 valence electrons. The van der Waals surface area contributed by atoms with E-state index in [1.54, 1.807) is 42.5 Å². The average Bonchev–Trinajstić information content (AvgIpc) is 2.68. The van der Waals surface area contributed by atoms with Crippen LogP contribution in [-0.2, 0) is 0 Å². The molecule has 5 heteroatoms. The molecule has 0 aliphatic heterocycles. The normalized spacial score (nSPS) is 10.8. The highest BCUT2D eigenvalue weighted by Crippen LogP contribution is 2.33. The van der Waals surface area contributed by atoms with E-state index in [4.69, 9.17) is 4.74 Å². The van der Waals surface area contributed by atoms with Gasteiger partial charge in [0, 0.05) is 10.8 Å². The van der Waals surface area contributed by atoms with E-state index in [1.807, 2.05) is 18.2 Å². The van der Waals surface area contributed by atoms with Gasteiger partial charge in [-0.25, -0.2) is 9.59 Å². The fourth-order valence-electron chi connectivity index (χ4n) is 3.09. The number of hydrogen-bond acceptors (Lipinski definition) is 4. The molecule has 4 rings (SSSR count). The van der Waals surface area contributed by atoms with Crippen molar-refractivity contribution in [2.75, 3.05) is 0 Å². The largest absolute Gasteiger partial charge is 0.506 e. The minimum atomic E-state index is -1.20. The number of aromatic hydroxyl groups is 1. The predicted molar refractivity (Wildman–Crippen MR) is 101 cm³/mol. The second-order valence-electron chi connectivity index (χ2n) is 6.04. The molecule has 4 aromatic carbocycles. The lowest BCUT2D eigenvalue weighted by Gasteiger charge is -2.12. The Morgan fingerprint density at radius 2 is 1.26 bits per heavy atom. The van der Waals surface area contributed by atoms with Gasteiger partial charge >= 0.3 is 11.9 Å². The number of phenols is 1. The highest BCUT2D eigenvalue weighted by atomic mass is 16.5. The number of carboxylic acids is 1. The Kier molecular flexibility index (Phi) is 3.97. The lowest BCUT2D eigenvalue weighted by Crippen LogP contribution is -2.12. The van der Waals surface area contributed by atoms with Crippen LogP contribution in [0.25, 0.3) is 21.5 Å². The average molecular weight is 358 g/mol. The van der Waals surface area contributed by atoms with Crippen LogP contribution in [0, 0.1) is 0 Å². The van der Waals surface area contributed by atoms with Crippen LogP contribution in [0.15, 0.2) is 72.8 Å². The first-order chi connectivity index (χ1) is 13.1. The topological polar surface area (TPSA) is 83.8 Å². The predicted octanol–water partition coefficient (Wildman–Crippen LogP) is 4.62. The Labute approximate surface area is 154 Å². The molecule has 0 heterocycles. The van der Waals surface area contributed by atoms with Crippen molar-refractivity contribution in [1.82, 2.24) is 0 Å². The molecule has 0 radical (unpaired) electrons. The second-order valence-corrected chi connectivity index (χ2v) is 6.04. The summed E-state index contributed by atoms with van der Waals surface area (Å²) in [6.45, 7) is 0. The zero-order valence-corrected chi connectivity index (χ0v) is 14.0. The summed E-state index contributed by atoms with van der Waals surface area (Å²) in [5.41, 5.74) is -0.152. The van der Waals surface area contributed by atoms with Crippen molar-refractivity contribution in [3.63, 3.8) is 0 Å². The van der Waals surface area contributed by atoms with Crippen LogP contribution < -0.4 is 4.74 Å². The number of hydrogen-bond donors (Lipinski definition) is 2. The highest BCUT2D eigenvalue weighted by Gasteiger charge is 2.21. The van der Waals surface area contributed by atoms with Crippen LogP contribution in [0.3, 0.4) is 0 Å². The van der Waals surface area contributed by atoms with E-state index in [2.05, 4.69) is 0 Å². The lowest BCUT2D eigenvalue weighted by molar-refractivity contribution is 0.0682. The van der Waals surface area contributed by atoms with Crippen LogP contribution >= 0.6 is 0 Å². The molecule has 0 saturated carbocycles. The first-order valence-corrected chi connectivity index (χ1v) is 8.24. The number of benzene rings is 4. The van der Waals surface area contributed by atoms with Crippen molar-refractivity contribution in [2.45, 2.75) is 0 Å². The number of esters is 1. The number of rotatable bonds is 3. The smallest absolute Gasteiger partial charge is 0.347 e. The monoisotopic (exact) mass is 358 g/mol. The third-order valence-corrected chi connectivity index (χ3v) is 4.43. The van der Waals surface area contributed by atoms with E-state index in [1.165, 1.54) is 12.1 Å². The second kappa shape index (κ2) is 6.46. The van der Waals surface area contributed by atoms with Gasteiger partial charge in [0.2, 0.25) is 0 Å². The van der Waals surface area contributed by atoms with Gasteiger partial charge in [-0.1, -0.05) is 60.7 Å². The van der Waals surface area contributed by atoms with Crippen LogP contribution in [0.1, 0.15) is 20.7 Å². The Morgan fingerprint density at radius 3 is 1.93 bits per heavy atom. The summed E-state index contributed by atoms with van der Waals surface area (Å²) in [5, 5.41) is 22.5. The molecule has 4 aromatic rings. The van der Waals surface area contributed by atoms with Gasteiger partial charge in [0.25, 0.3) is 0 Å². The Bertz CT molecular complexity index is 1210. The fourth-order valence-corrected chi connectivity index (χ4v) is 3.09. The number of carbonyl (C=O) groups excluding carboxylic acids is 1. The summed E-state index contributed by atoms with van der Waals surface area (Å²) in [4.78, 5) is 24.3. The van der Waals surface area contributed by atoms with E-state index in [9.17, 15) is 19.8 Å². The standard InChI is InChI=1S/C22H14O5/c23-19-15-7-3-1-5-13(15)9-11-17(19)22(26)27-20-16-8-4-2-6-14(16)10-12-18(20)21(24)25/h1-12,23H,(H,24,25). The Morgan fingerprint density at radius 1 is 0.704 bits per heavy atom. The SMILES string of the molecule is O=C(Oc1c(C(=O)O)ccc2ccccc12)c1ccc2ccccc2c1O. The van der Waals surface area contributed by atoms with Crippen LogP contribution in [-0.4, -0.2) is 22.2 Å². The molecule has 5 nitrogen and oxygen atoms in total. The van der Waals surface area contributed by atoms with Gasteiger partial charge in [-0.3, -0.25) is 0 Å². The molecule has 0 bridgehead atoms. The molecule has 0 aliphatic rings. The first-order valence-electron chi connectivity index (χ1n) is 8.24. The first kappa shape index (κ1) is 16.6. The zero-order valence-electron chi connectivity index (χ0n) is 14.0. The Hall–Kier alpha value is -3.86. The molecular formula is C22H14O5. The van der Waals surface area contributed by atoms with Crippen molar-refractivity contribution in [1.29, 1.82) is 0 Å². The summed E-state index contributed by atoms with van der Waals surface area (Å²) in [6, 6.07) is 20.3. The van der Waals surface area contributed by atoms with Crippen molar-refractivity contribution in [2.24, 2.45) is 0 Å². The van der Waals surface area contributed by atoms with E-state index in [-0.39, 0.29) is 22.6 Å². The van der Waals surface area contributed by atoms with Gasteiger partial charge in [-0.15, -0.1) is 0 Å². The Balaban J connectivity index is 1.83. The maximum absolute atomic E-state index is 12.7. The van der Waals surface area contributed by atoms with Gasteiger partial charge in [-0.05, 0) is 22.9 Å². The van der Waals surface area contributed by atoms with Gasteiger partial charge in [-0.2, -0.15) is 0 Å². The lowest BCUT2D eigenvalue weighted by atomic mass is 10.0. The fraction of sp³-hybridized carbons (Fsp3) is 0. The highest BCUT2D eigenvalue weighted by molar-refractivity contribution is 6.06. The van der Waals surface area contributed by atoms with Gasteiger partial charge in [0.1, 0.15) is 16.9 Å². The van der Waals surface area contributed by atoms with Crippen molar-refractivity contribution >= 4 is 33.5 Å². The third-order valence-electron chi connectivity index (χ3n) is 4.43. The number of aromatic carboxylic acids is 1. The molecule has 0 unspecified atom stereocenters. The third kappa shape index (κ3) is 2.85. The summed E-state index contributed by atoms with van der Waals surface area (Å²) >= 11 is 0. The minimum absolute atomic E-state index is 0.0297. The van der Waals surface area contributed by atoms with Gasteiger partial charge < -0.3 is 14.9 Å². The molecule has 0 aliphatic carbocycles. The summed E-state index contributed by atoms with van der Waals surface area (Å²) in [5.74, 6) is -2.27. The number of carbonyl (C=O) groups is 2. The molecule has 0 saturated heterocycles. The molecule has 0 aromatic heterocycles. The molecule has 2 N–H and O–H groups in total. The molecule has 0 amide bonds. The van der Waals surface area contributed by atoms with E-state index >= 15 is 0 Å². The quantitative estimate of drug-likeness (QED) is 0.412. The number of fused-ring (bicyclic) bond motifs is 2. The van der Waals surface area contributed by atoms with Crippen LogP contribution in [0.5, 0.6) is 11.5 Å². The summed E-state index contributed by atoms with van der Waals surface area (Å²) in [7, 11) is 0. The van der Waals surface area contributed by atoms with E-state index < -0.39 is 11.9 Å². The molecule has 0 atom stereocenters. The summed E-state index contributed by atoms with van der Waals surface area (Å²) < 4.78 is 5.46. The molecule has 0 spiro atoms. The van der Waals surface area contributed by atoms with Crippen molar-refractivity contribution < 1.29 is 24.5 Å². The zero-order chi connectivity index (χ0) is 19.0. The van der Waals surface area contributed by atoms with Crippen LogP contribution in [0.4, 0.5) is 0 Å². The number of carboxylic acid groups (broad SMARTS) is 1. The number of phenolic OH excluding ortho intramolecular Hbond substituents is 1. The van der Waals surface area contributed by atoms with E-state index in [0.29, 0.717) is 10.8 Å². The minimum Gasteiger partial charge on any atom is -0.506 e. The maximum Gasteiger partial charge on any atom is 0.347 e. The van der Waals surface area contributed by atoms with E-state index in [0.717, 1.165) is 10.8 Å². The maximum atomic E-state index is 12.7. The van der Waals surface area contributed by atoms with Crippen molar-refractivity contribution in [3.05, 3.63) is 83.9 Å². The van der Waals surface area contributed by atoms with Crippen LogP contribution in [0.2, 0.25) is 0 Å². The number of ether oxygens (including phenoxy) is 1. The molecule has 0 fully saturated rings. The van der Waals surface area contributed by atoms with Crippen molar-refractivity contribution in [3.8, 4) is 11.5 Å². The van der Waals surface area contributed by atoms with Gasteiger partial charge in [0.05, 0.1) is 0 Å². The molecule has 27 heavy (non-hydrogen) atoms. The molecular weight excluding hydrogens is 344 g/mol. The summed E-state index contributed by atoms with van der Waals surface area (Å²) in [6.07, 6.45) is 0. The van der Waals surface area contributed by atoms with Gasteiger partial charge in [0.15, 0.2) is 5.75 Å².